The molecule has 0 heterocycles. The summed E-state index contributed by atoms with van der Waals surface area (Å²) in [6.45, 7) is 3.59. The molecule has 0 radical (unpaired) electrons. The third kappa shape index (κ3) is 2.80. The average molecular weight is 404 g/mol. The Morgan fingerprint density at radius 3 is 1.37 bits per heavy atom. The second-order valence-electron chi connectivity index (χ2n) is 7.32. The summed E-state index contributed by atoms with van der Waals surface area (Å²) in [6, 6.07) is 6.46. The molecular weight excluding hydrogens is 384 g/mol. The van der Waals surface area contributed by atoms with Crippen LogP contribution in [0.4, 0.5) is 0 Å². The summed E-state index contributed by atoms with van der Waals surface area (Å²) in [5, 5.41) is 20.9. The summed E-state index contributed by atoms with van der Waals surface area (Å²) in [5.41, 5.74) is 2.71. The molecule has 152 valence electrons. The number of allylic oxidation sites excluding steroid dienone is 4. The zero-order valence-electron chi connectivity index (χ0n) is 17.0. The molecule has 0 spiro atoms. The van der Waals surface area contributed by atoms with Crippen molar-refractivity contribution in [2.45, 2.75) is 13.8 Å². The van der Waals surface area contributed by atoms with Crippen LogP contribution in [0.25, 0.3) is 11.5 Å². The van der Waals surface area contributed by atoms with E-state index in [-0.39, 0.29) is 33.8 Å². The monoisotopic (exact) mass is 404 g/mol. The molecule has 0 saturated heterocycles. The Morgan fingerprint density at radius 2 is 1.03 bits per heavy atom. The molecule has 0 unspecified atom stereocenters. The summed E-state index contributed by atoms with van der Waals surface area (Å²) < 4.78 is 10.9. The number of carbonyl (C=O) groups excluding carboxylic acids is 2. The Morgan fingerprint density at radius 1 is 0.667 bits per heavy atom. The van der Waals surface area contributed by atoms with Gasteiger partial charge in [-0.1, -0.05) is 0 Å². The van der Waals surface area contributed by atoms with E-state index in [0.29, 0.717) is 22.6 Å². The lowest BCUT2D eigenvalue weighted by atomic mass is 9.81. The van der Waals surface area contributed by atoms with Gasteiger partial charge >= 0.3 is 0 Å². The van der Waals surface area contributed by atoms with Crippen molar-refractivity contribution < 1.29 is 29.3 Å². The second-order valence-corrected chi connectivity index (χ2v) is 7.32. The fourth-order valence-corrected chi connectivity index (χ4v) is 3.96. The molecule has 2 N–H and O–H groups in total. The molecule has 0 bridgehead atoms. The lowest BCUT2D eigenvalue weighted by molar-refractivity contribution is 0.0998. The highest BCUT2D eigenvalue weighted by molar-refractivity contribution is 6.26. The number of benzene rings is 2. The van der Waals surface area contributed by atoms with Gasteiger partial charge in [0.2, 0.25) is 0 Å². The Labute approximate surface area is 173 Å². The van der Waals surface area contributed by atoms with E-state index in [0.717, 1.165) is 11.1 Å². The number of rotatable bonds is 2. The molecule has 6 nitrogen and oxygen atoms in total. The van der Waals surface area contributed by atoms with Gasteiger partial charge in [0, 0.05) is 22.3 Å². The lowest BCUT2D eigenvalue weighted by Gasteiger charge is -2.24. The Kier molecular flexibility index (Phi) is 4.50. The van der Waals surface area contributed by atoms with E-state index in [2.05, 4.69) is 0 Å². The summed E-state index contributed by atoms with van der Waals surface area (Å²) in [4.78, 5) is 26.6. The maximum atomic E-state index is 13.3. The second kappa shape index (κ2) is 6.91. The van der Waals surface area contributed by atoms with Crippen LogP contribution in [0.1, 0.15) is 43.0 Å². The number of aromatic hydroxyl groups is 2. The van der Waals surface area contributed by atoms with Gasteiger partial charge in [0.05, 0.1) is 25.3 Å². The van der Waals surface area contributed by atoms with E-state index in [1.54, 1.807) is 26.0 Å². The van der Waals surface area contributed by atoms with Crippen LogP contribution < -0.4 is 0 Å². The number of ketones is 2. The normalized spacial score (nSPS) is 17.7. The first-order valence-corrected chi connectivity index (χ1v) is 9.29. The zero-order chi connectivity index (χ0) is 21.7. The van der Waals surface area contributed by atoms with Gasteiger partial charge in [-0.3, -0.25) is 9.59 Å². The van der Waals surface area contributed by atoms with Crippen molar-refractivity contribution in [1.29, 1.82) is 0 Å². The quantitative estimate of drug-likeness (QED) is 0.733. The van der Waals surface area contributed by atoms with Crippen molar-refractivity contribution >= 4 is 23.1 Å². The van der Waals surface area contributed by atoms with Crippen LogP contribution in [0.2, 0.25) is 0 Å². The molecule has 30 heavy (non-hydrogen) atoms. The number of aryl methyl sites for hydroxylation is 2. The van der Waals surface area contributed by atoms with E-state index in [9.17, 15) is 19.8 Å². The molecule has 0 atom stereocenters. The molecule has 0 aromatic heterocycles. The largest absolute Gasteiger partial charge is 0.507 e. The Bertz CT molecular complexity index is 1130. The maximum Gasteiger partial charge on any atom is 0.198 e. The van der Waals surface area contributed by atoms with E-state index < -0.39 is 11.6 Å². The van der Waals surface area contributed by atoms with E-state index >= 15 is 0 Å². The number of Topliss-reactive ketones (excluding diaryl/α,β-unsaturated/α-hetero) is 2. The van der Waals surface area contributed by atoms with Crippen LogP contribution in [0.3, 0.4) is 0 Å². The number of phenols is 2. The van der Waals surface area contributed by atoms with Gasteiger partial charge in [0.1, 0.15) is 23.0 Å². The van der Waals surface area contributed by atoms with E-state index in [1.165, 1.54) is 38.5 Å². The van der Waals surface area contributed by atoms with Crippen molar-refractivity contribution in [2.24, 2.45) is 0 Å². The smallest absolute Gasteiger partial charge is 0.198 e. The van der Waals surface area contributed by atoms with Crippen LogP contribution >= 0.6 is 0 Å². The predicted octanol–water partition coefficient (Wildman–Crippen LogP) is 4.08. The molecule has 0 saturated carbocycles. The molecule has 2 aromatic carbocycles. The first kappa shape index (κ1) is 19.5. The molecule has 0 amide bonds. The van der Waals surface area contributed by atoms with Crippen molar-refractivity contribution in [3.8, 4) is 11.5 Å². The van der Waals surface area contributed by atoms with Crippen molar-refractivity contribution in [3.63, 3.8) is 0 Å². The van der Waals surface area contributed by atoms with E-state index in [1.807, 2.05) is 0 Å². The van der Waals surface area contributed by atoms with Crippen LogP contribution in [0, 0.1) is 13.8 Å². The number of hydrogen-bond acceptors (Lipinski definition) is 6. The van der Waals surface area contributed by atoms with E-state index in [4.69, 9.17) is 9.47 Å². The minimum absolute atomic E-state index is 0.0590. The maximum absolute atomic E-state index is 13.3. The zero-order valence-corrected chi connectivity index (χ0v) is 17.0. The molecule has 0 fully saturated rings. The van der Waals surface area contributed by atoms with Crippen LogP contribution in [-0.4, -0.2) is 36.0 Å². The van der Waals surface area contributed by atoms with Gasteiger partial charge in [-0.05, 0) is 61.4 Å². The summed E-state index contributed by atoms with van der Waals surface area (Å²) in [6.07, 6.45) is 2.97. The number of hydrogen-bond donors (Lipinski definition) is 2. The molecule has 0 aliphatic heterocycles. The van der Waals surface area contributed by atoms with Crippen molar-refractivity contribution in [3.05, 3.63) is 80.9 Å². The van der Waals surface area contributed by atoms with Gasteiger partial charge in [-0.2, -0.15) is 0 Å². The molecule has 2 aliphatic carbocycles. The number of methoxy groups -OCH3 is 2. The predicted molar refractivity (Wildman–Crippen MR) is 111 cm³/mol. The molecule has 6 heteroatoms. The van der Waals surface area contributed by atoms with Gasteiger partial charge in [0.25, 0.3) is 0 Å². The average Bonchev–Trinajstić information content (AvgIpc) is 2.68. The molecule has 2 aliphatic rings. The Hall–Kier alpha value is -3.80. The number of carbonyl (C=O) groups is 2. The summed E-state index contributed by atoms with van der Waals surface area (Å²) >= 11 is 0. The number of ether oxygens (including phenoxy) is 2. The molecule has 4 rings (SSSR count). The lowest BCUT2D eigenvalue weighted by Crippen LogP contribution is -2.20. The van der Waals surface area contributed by atoms with Crippen LogP contribution in [0.5, 0.6) is 11.5 Å². The van der Waals surface area contributed by atoms with Gasteiger partial charge in [-0.25, -0.2) is 0 Å². The third-order valence-electron chi connectivity index (χ3n) is 5.28. The van der Waals surface area contributed by atoms with Gasteiger partial charge < -0.3 is 19.7 Å². The topological polar surface area (TPSA) is 93.1 Å². The Balaban J connectivity index is 2.02. The SMILES string of the molecule is COC1=C/C(=C2\C=C(OC)c3cc(C)cc(O)c3C2=O)C(=O)c2c(O)cc(C)cc21. The summed E-state index contributed by atoms with van der Waals surface area (Å²) in [7, 11) is 2.91. The minimum atomic E-state index is -0.506. The fourth-order valence-electron chi connectivity index (χ4n) is 3.96. The minimum Gasteiger partial charge on any atom is -0.507 e. The first-order chi connectivity index (χ1) is 14.3. The number of phenolic OH excluding ortho intramolecular Hbond substituents is 2. The first-order valence-electron chi connectivity index (χ1n) is 9.29. The standard InChI is InChI=1S/C24H20O6/c1-11-5-15-19(29-3)9-13(23(27)21(15)17(25)7-11)14-10-20(30-4)16-6-12(2)8-18(26)22(16)24(14)28/h5-10,25-26H,1-4H3/b14-13-. The van der Waals surface area contributed by atoms with Crippen molar-refractivity contribution in [2.75, 3.05) is 14.2 Å². The van der Waals surface area contributed by atoms with Crippen LogP contribution in [-0.2, 0) is 9.47 Å². The highest BCUT2D eigenvalue weighted by atomic mass is 16.5. The fraction of sp³-hybridized carbons (Fsp3) is 0.167. The molecule has 2 aromatic rings. The highest BCUT2D eigenvalue weighted by Gasteiger charge is 2.34. The highest BCUT2D eigenvalue weighted by Crippen LogP contribution is 2.41. The van der Waals surface area contributed by atoms with Gasteiger partial charge in [-0.15, -0.1) is 0 Å². The van der Waals surface area contributed by atoms with Crippen LogP contribution in [0.15, 0.2) is 47.6 Å². The van der Waals surface area contributed by atoms with Crippen molar-refractivity contribution in [1.82, 2.24) is 0 Å². The molecular formula is C24H20O6. The summed E-state index contributed by atoms with van der Waals surface area (Å²) in [5.74, 6) is -0.681. The third-order valence-corrected chi connectivity index (χ3v) is 5.28. The number of fused-ring (bicyclic) bond motifs is 2. The van der Waals surface area contributed by atoms with Gasteiger partial charge in [0.15, 0.2) is 11.6 Å².